The van der Waals surface area contributed by atoms with Crippen LogP contribution in [0.5, 0.6) is 11.5 Å². The zero-order chi connectivity index (χ0) is 22.0. The summed E-state index contributed by atoms with van der Waals surface area (Å²) in [5.41, 5.74) is 1.09. The predicted octanol–water partition coefficient (Wildman–Crippen LogP) is 1.64. The Kier molecular flexibility index (Phi) is 6.19. The lowest BCUT2D eigenvalue weighted by Crippen LogP contribution is -2.50. The minimum atomic E-state index is -0.829. The molecule has 2 aromatic rings. The minimum Gasteiger partial charge on any atom is -0.496 e. The average Bonchev–Trinajstić information content (AvgIpc) is 3.10. The van der Waals surface area contributed by atoms with E-state index in [2.05, 4.69) is 5.32 Å². The van der Waals surface area contributed by atoms with Crippen LogP contribution in [-0.2, 0) is 16.6 Å². The smallest absolute Gasteiger partial charge is 0.306 e. The number of hydrogen-bond donors (Lipinski definition) is 2. The fourth-order valence-electron chi connectivity index (χ4n) is 3.92. The molecule has 2 heterocycles. The minimum absolute atomic E-state index is 0.221. The van der Waals surface area contributed by atoms with Gasteiger partial charge >= 0.3 is 5.97 Å². The van der Waals surface area contributed by atoms with Crippen LogP contribution in [0.2, 0.25) is 0 Å². The van der Waals surface area contributed by atoms with Gasteiger partial charge in [0.2, 0.25) is 5.91 Å². The van der Waals surface area contributed by atoms with E-state index in [0.717, 1.165) is 10.9 Å². The molecule has 0 aliphatic carbocycles. The molecule has 1 aliphatic heterocycles. The van der Waals surface area contributed by atoms with Crippen LogP contribution >= 0.6 is 0 Å². The van der Waals surface area contributed by atoms with Crippen molar-refractivity contribution in [2.24, 2.45) is 13.0 Å². The van der Waals surface area contributed by atoms with E-state index in [9.17, 15) is 14.4 Å². The number of benzene rings is 1. The molecule has 1 atom stereocenters. The van der Waals surface area contributed by atoms with Crippen molar-refractivity contribution in [2.45, 2.75) is 25.8 Å². The average molecular weight is 417 g/mol. The van der Waals surface area contributed by atoms with Crippen LogP contribution in [0.25, 0.3) is 10.9 Å². The molecule has 30 heavy (non-hydrogen) atoms. The Morgan fingerprint density at radius 3 is 2.30 bits per heavy atom. The number of rotatable bonds is 6. The van der Waals surface area contributed by atoms with Crippen LogP contribution < -0.4 is 14.8 Å². The highest BCUT2D eigenvalue weighted by Gasteiger charge is 2.30. The number of nitrogens with zero attached hydrogens (tertiary/aromatic N) is 2. The largest absolute Gasteiger partial charge is 0.496 e. The molecule has 1 saturated heterocycles. The van der Waals surface area contributed by atoms with E-state index in [1.165, 1.54) is 0 Å². The van der Waals surface area contributed by atoms with Crippen LogP contribution in [-0.4, -0.2) is 65.7 Å². The first-order chi connectivity index (χ1) is 14.3. The summed E-state index contributed by atoms with van der Waals surface area (Å²) in [5.74, 6) is -0.631. The molecule has 0 saturated carbocycles. The van der Waals surface area contributed by atoms with Crippen molar-refractivity contribution in [3.63, 3.8) is 0 Å². The van der Waals surface area contributed by atoms with Crippen molar-refractivity contribution >= 4 is 28.7 Å². The van der Waals surface area contributed by atoms with Gasteiger partial charge in [-0.25, -0.2) is 0 Å². The normalized spacial score (nSPS) is 15.7. The third kappa shape index (κ3) is 3.92. The van der Waals surface area contributed by atoms with Gasteiger partial charge in [0, 0.05) is 25.5 Å². The molecule has 0 radical (unpaired) electrons. The zero-order valence-electron chi connectivity index (χ0n) is 17.6. The number of hydrogen-bond acceptors (Lipinski definition) is 5. The third-order valence-electron chi connectivity index (χ3n) is 5.66. The lowest BCUT2D eigenvalue weighted by molar-refractivity contribution is -0.146. The van der Waals surface area contributed by atoms with Gasteiger partial charge in [0.05, 0.1) is 25.7 Å². The number of piperidine rings is 1. The molecule has 1 unspecified atom stereocenters. The van der Waals surface area contributed by atoms with Gasteiger partial charge in [-0.05, 0) is 38.0 Å². The molecule has 3 rings (SSSR count). The number of ether oxygens (including phenoxy) is 2. The highest BCUT2D eigenvalue weighted by Crippen LogP contribution is 2.35. The first-order valence-electron chi connectivity index (χ1n) is 9.81. The number of carboxylic acids is 1. The van der Waals surface area contributed by atoms with E-state index in [0.29, 0.717) is 43.1 Å². The summed E-state index contributed by atoms with van der Waals surface area (Å²) in [6.45, 7) is 2.38. The fraction of sp³-hybridized carbons (Fsp3) is 0.476. The second kappa shape index (κ2) is 8.64. The molecule has 9 nitrogen and oxygen atoms in total. The van der Waals surface area contributed by atoms with E-state index in [-0.39, 0.29) is 11.8 Å². The fourth-order valence-corrected chi connectivity index (χ4v) is 3.92. The summed E-state index contributed by atoms with van der Waals surface area (Å²) in [5, 5.41) is 12.6. The van der Waals surface area contributed by atoms with E-state index < -0.39 is 17.9 Å². The number of carbonyl (C=O) groups is 3. The number of methoxy groups -OCH3 is 2. The topological polar surface area (TPSA) is 110 Å². The maximum atomic E-state index is 12.9. The molecular formula is C21H27N3O6. The number of aryl methyl sites for hydroxylation is 1. The summed E-state index contributed by atoms with van der Waals surface area (Å²) in [7, 11) is 4.87. The molecule has 9 heteroatoms. The number of likely N-dealkylation sites (tertiary alicyclic amines) is 1. The van der Waals surface area contributed by atoms with Crippen molar-refractivity contribution in [2.75, 3.05) is 27.3 Å². The Bertz CT molecular complexity index is 975. The second-order valence-electron chi connectivity index (χ2n) is 7.45. The quantitative estimate of drug-likeness (QED) is 0.739. The molecule has 1 aromatic carbocycles. The number of amides is 2. The number of carboxylic acid groups (broad SMARTS) is 1. The van der Waals surface area contributed by atoms with Gasteiger partial charge in [-0.3, -0.25) is 14.4 Å². The van der Waals surface area contributed by atoms with Crippen molar-refractivity contribution in [3.8, 4) is 11.5 Å². The number of nitrogens with one attached hydrogen (secondary N) is 1. The highest BCUT2D eigenvalue weighted by molar-refractivity contribution is 6.03. The SMILES string of the molecule is COc1ccc(OC)c2c1cc(C(=O)NC(C)C(=O)N1CCC(C(=O)O)CC1)n2C. The number of aromatic nitrogens is 1. The van der Waals surface area contributed by atoms with Crippen LogP contribution in [0.3, 0.4) is 0 Å². The van der Waals surface area contributed by atoms with Gasteiger partial charge in [-0.15, -0.1) is 0 Å². The van der Waals surface area contributed by atoms with E-state index in [1.807, 2.05) is 0 Å². The lowest BCUT2D eigenvalue weighted by Gasteiger charge is -2.32. The summed E-state index contributed by atoms with van der Waals surface area (Å²) in [6, 6.07) is 4.52. The molecule has 2 N–H and O–H groups in total. The number of fused-ring (bicyclic) bond motifs is 1. The Morgan fingerprint density at radius 2 is 1.73 bits per heavy atom. The van der Waals surface area contributed by atoms with Crippen LogP contribution in [0.1, 0.15) is 30.3 Å². The zero-order valence-corrected chi connectivity index (χ0v) is 17.6. The van der Waals surface area contributed by atoms with Gasteiger partial charge < -0.3 is 29.4 Å². The third-order valence-corrected chi connectivity index (χ3v) is 5.66. The summed E-state index contributed by atoms with van der Waals surface area (Å²) in [4.78, 5) is 38.3. The Hall–Kier alpha value is -3.23. The van der Waals surface area contributed by atoms with Gasteiger partial charge in [-0.2, -0.15) is 0 Å². The van der Waals surface area contributed by atoms with Crippen LogP contribution in [0.4, 0.5) is 0 Å². The maximum Gasteiger partial charge on any atom is 0.306 e. The first-order valence-corrected chi connectivity index (χ1v) is 9.81. The number of carbonyl (C=O) groups excluding carboxylic acids is 2. The van der Waals surface area contributed by atoms with Gasteiger partial charge in [0.25, 0.3) is 5.91 Å². The molecular weight excluding hydrogens is 390 g/mol. The molecule has 1 aliphatic rings. The predicted molar refractivity (Wildman–Crippen MR) is 110 cm³/mol. The Morgan fingerprint density at radius 1 is 1.13 bits per heavy atom. The lowest BCUT2D eigenvalue weighted by atomic mass is 9.97. The number of aliphatic carboxylic acids is 1. The Balaban J connectivity index is 1.76. The molecule has 1 fully saturated rings. The summed E-state index contributed by atoms with van der Waals surface area (Å²) in [6.07, 6.45) is 0.842. The first kappa shape index (κ1) is 21.5. The monoisotopic (exact) mass is 417 g/mol. The maximum absolute atomic E-state index is 12.9. The van der Waals surface area contributed by atoms with E-state index in [4.69, 9.17) is 14.6 Å². The van der Waals surface area contributed by atoms with E-state index in [1.54, 1.807) is 55.9 Å². The highest BCUT2D eigenvalue weighted by atomic mass is 16.5. The standard InChI is InChI=1S/C21H27N3O6/c1-12(20(26)24-9-7-13(8-10-24)21(27)28)22-19(25)15-11-14-16(29-3)5-6-17(30-4)18(14)23(15)2/h5-6,11-13H,7-10H2,1-4H3,(H,22,25)(H,27,28). The van der Waals surface area contributed by atoms with Crippen molar-refractivity contribution in [3.05, 3.63) is 23.9 Å². The van der Waals surface area contributed by atoms with E-state index >= 15 is 0 Å². The van der Waals surface area contributed by atoms with Crippen molar-refractivity contribution in [1.82, 2.24) is 14.8 Å². The van der Waals surface area contributed by atoms with Crippen LogP contribution in [0, 0.1) is 5.92 Å². The van der Waals surface area contributed by atoms with Gasteiger partial charge in [-0.1, -0.05) is 0 Å². The molecule has 0 spiro atoms. The molecule has 162 valence electrons. The van der Waals surface area contributed by atoms with Crippen molar-refractivity contribution in [1.29, 1.82) is 0 Å². The van der Waals surface area contributed by atoms with Crippen molar-refractivity contribution < 1.29 is 29.0 Å². The molecule has 2 amide bonds. The molecule has 0 bridgehead atoms. The molecule has 1 aromatic heterocycles. The summed E-state index contributed by atoms with van der Waals surface area (Å²) < 4.78 is 12.5. The summed E-state index contributed by atoms with van der Waals surface area (Å²) >= 11 is 0. The second-order valence-corrected chi connectivity index (χ2v) is 7.45. The van der Waals surface area contributed by atoms with Gasteiger partial charge in [0.1, 0.15) is 23.2 Å². The van der Waals surface area contributed by atoms with Crippen LogP contribution in [0.15, 0.2) is 18.2 Å². The Labute approximate surface area is 174 Å². The van der Waals surface area contributed by atoms with Gasteiger partial charge in [0.15, 0.2) is 0 Å².